The Hall–Kier alpha value is -2.14. The molecule has 2 rings (SSSR count). The molecule has 0 atom stereocenters. The molecule has 0 aliphatic rings. The van der Waals surface area contributed by atoms with E-state index in [1.807, 2.05) is 0 Å². The molecule has 9 heteroatoms. The summed E-state index contributed by atoms with van der Waals surface area (Å²) >= 11 is 2.12. The lowest BCUT2D eigenvalue weighted by molar-refractivity contribution is -0.119. The molecule has 0 aromatic heterocycles. The van der Waals surface area contributed by atoms with Gasteiger partial charge in [0.15, 0.2) is 0 Å². The molecule has 2 aromatic carbocycles. The highest BCUT2D eigenvalue weighted by atomic mass is 127. The van der Waals surface area contributed by atoms with E-state index in [2.05, 4.69) is 33.1 Å². The summed E-state index contributed by atoms with van der Waals surface area (Å²) in [5.74, 6) is 0.121. The summed E-state index contributed by atoms with van der Waals surface area (Å²) < 4.78 is 31.1. The number of rotatable bonds is 7. The first-order valence-electron chi connectivity index (χ1n) is 7.49. The highest BCUT2D eigenvalue weighted by Crippen LogP contribution is 2.18. The fourth-order valence-electron chi connectivity index (χ4n) is 2.07. The second kappa shape index (κ2) is 8.99. The van der Waals surface area contributed by atoms with Crippen molar-refractivity contribution in [1.29, 1.82) is 0 Å². The van der Waals surface area contributed by atoms with Crippen LogP contribution in [0.3, 0.4) is 0 Å². The monoisotopic (exact) mass is 487 g/mol. The second-order valence-corrected chi connectivity index (χ2v) is 8.47. The molecule has 0 radical (unpaired) electrons. The molecule has 2 aromatic rings. The van der Waals surface area contributed by atoms with Crippen molar-refractivity contribution >= 4 is 50.4 Å². The standard InChI is InChI=1S/C17H18IN3O4S/c1-25-16-5-3-4-13(10-16)11-19-20-17(22)12-21(26(2,23)24)15-8-6-14(18)7-9-15/h3-11H,12H2,1-2H3,(H,20,22)/b19-11-. The molecular weight excluding hydrogens is 469 g/mol. The summed E-state index contributed by atoms with van der Waals surface area (Å²) in [4.78, 5) is 12.1. The predicted octanol–water partition coefficient (Wildman–Crippen LogP) is 2.22. The minimum absolute atomic E-state index is 0.366. The zero-order valence-corrected chi connectivity index (χ0v) is 17.2. The summed E-state index contributed by atoms with van der Waals surface area (Å²) in [6.45, 7) is -0.366. The van der Waals surface area contributed by atoms with Crippen LogP contribution in [0.25, 0.3) is 0 Å². The Morgan fingerprint density at radius 2 is 1.96 bits per heavy atom. The van der Waals surface area contributed by atoms with Crippen LogP contribution >= 0.6 is 22.6 Å². The van der Waals surface area contributed by atoms with Crippen molar-refractivity contribution in [3.63, 3.8) is 0 Å². The van der Waals surface area contributed by atoms with E-state index in [-0.39, 0.29) is 6.54 Å². The average molecular weight is 487 g/mol. The topological polar surface area (TPSA) is 88.1 Å². The number of hydrazone groups is 1. The number of halogens is 1. The van der Waals surface area contributed by atoms with Gasteiger partial charge in [0.2, 0.25) is 10.0 Å². The van der Waals surface area contributed by atoms with Crippen LogP contribution in [0.4, 0.5) is 5.69 Å². The molecule has 0 spiro atoms. The Bertz CT molecular complexity index is 898. The van der Waals surface area contributed by atoms with Gasteiger partial charge in [-0.25, -0.2) is 13.8 Å². The zero-order valence-electron chi connectivity index (χ0n) is 14.2. The Balaban J connectivity index is 2.05. The number of hydrogen-bond donors (Lipinski definition) is 1. The van der Waals surface area contributed by atoms with E-state index in [1.165, 1.54) is 6.21 Å². The molecule has 0 aliphatic carbocycles. The number of benzene rings is 2. The largest absolute Gasteiger partial charge is 0.497 e. The first-order chi connectivity index (χ1) is 12.3. The molecule has 7 nitrogen and oxygen atoms in total. The van der Waals surface area contributed by atoms with Gasteiger partial charge in [0.25, 0.3) is 5.91 Å². The second-order valence-electron chi connectivity index (χ2n) is 5.32. The summed E-state index contributed by atoms with van der Waals surface area (Å²) in [6.07, 6.45) is 2.51. The molecule has 0 aliphatic heterocycles. The molecule has 0 saturated carbocycles. The molecular formula is C17H18IN3O4S. The van der Waals surface area contributed by atoms with Gasteiger partial charge >= 0.3 is 0 Å². The van der Waals surface area contributed by atoms with Gasteiger partial charge in [-0.05, 0) is 64.6 Å². The molecule has 0 unspecified atom stereocenters. The summed E-state index contributed by atoms with van der Waals surface area (Å²) in [5, 5.41) is 3.86. The molecule has 138 valence electrons. The van der Waals surface area contributed by atoms with Crippen LogP contribution in [0, 0.1) is 3.57 Å². The van der Waals surface area contributed by atoms with E-state index in [0.29, 0.717) is 11.4 Å². The smallest absolute Gasteiger partial charge is 0.260 e. The van der Waals surface area contributed by atoms with Crippen molar-refractivity contribution in [3.05, 3.63) is 57.7 Å². The highest BCUT2D eigenvalue weighted by Gasteiger charge is 2.20. The van der Waals surface area contributed by atoms with E-state index in [1.54, 1.807) is 55.6 Å². The van der Waals surface area contributed by atoms with Gasteiger partial charge in [-0.3, -0.25) is 9.10 Å². The number of hydrogen-bond acceptors (Lipinski definition) is 5. The van der Waals surface area contributed by atoms with Crippen molar-refractivity contribution in [1.82, 2.24) is 5.43 Å². The van der Waals surface area contributed by atoms with Crippen molar-refractivity contribution in [2.24, 2.45) is 5.10 Å². The first-order valence-corrected chi connectivity index (χ1v) is 10.4. The van der Waals surface area contributed by atoms with E-state index < -0.39 is 15.9 Å². The number of amides is 1. The predicted molar refractivity (Wildman–Crippen MR) is 110 cm³/mol. The number of nitrogens with one attached hydrogen (secondary N) is 1. The molecule has 0 heterocycles. The normalized spacial score (nSPS) is 11.3. The number of carbonyl (C=O) groups excluding carboxylic acids is 1. The maximum Gasteiger partial charge on any atom is 0.260 e. The maximum absolute atomic E-state index is 12.1. The van der Waals surface area contributed by atoms with Gasteiger partial charge in [0.05, 0.1) is 25.3 Å². The van der Waals surface area contributed by atoms with Crippen molar-refractivity contribution in [2.75, 3.05) is 24.2 Å². The minimum Gasteiger partial charge on any atom is -0.497 e. The van der Waals surface area contributed by atoms with Crippen LogP contribution in [-0.2, 0) is 14.8 Å². The lowest BCUT2D eigenvalue weighted by Gasteiger charge is -2.21. The Morgan fingerprint density at radius 3 is 2.58 bits per heavy atom. The van der Waals surface area contributed by atoms with Gasteiger partial charge in [-0.2, -0.15) is 5.10 Å². The van der Waals surface area contributed by atoms with Gasteiger partial charge in [0, 0.05) is 3.57 Å². The summed E-state index contributed by atoms with van der Waals surface area (Å²) in [6, 6.07) is 14.0. The van der Waals surface area contributed by atoms with Crippen molar-refractivity contribution in [2.45, 2.75) is 0 Å². The summed E-state index contributed by atoms with van der Waals surface area (Å²) in [7, 11) is -2.05. The SMILES string of the molecule is COc1cccc(/C=N\NC(=O)CN(c2ccc(I)cc2)S(C)(=O)=O)c1. The number of sulfonamides is 1. The van der Waals surface area contributed by atoms with Crippen molar-refractivity contribution < 1.29 is 17.9 Å². The lowest BCUT2D eigenvalue weighted by Crippen LogP contribution is -2.39. The van der Waals surface area contributed by atoms with Crippen LogP contribution in [0.15, 0.2) is 53.6 Å². The van der Waals surface area contributed by atoms with Gasteiger partial charge < -0.3 is 4.74 Å². The third kappa shape index (κ3) is 5.99. The van der Waals surface area contributed by atoms with E-state index >= 15 is 0 Å². The number of methoxy groups -OCH3 is 1. The molecule has 0 bridgehead atoms. The van der Waals surface area contributed by atoms with E-state index in [0.717, 1.165) is 19.7 Å². The minimum atomic E-state index is -3.61. The summed E-state index contributed by atoms with van der Waals surface area (Å²) in [5.41, 5.74) is 3.49. The van der Waals surface area contributed by atoms with Gasteiger partial charge in [-0.15, -0.1) is 0 Å². The molecule has 26 heavy (non-hydrogen) atoms. The molecule has 1 N–H and O–H groups in total. The molecule has 0 saturated heterocycles. The third-order valence-corrected chi connectivity index (χ3v) is 5.16. The Labute approximate surface area is 166 Å². The number of carbonyl (C=O) groups is 1. The van der Waals surface area contributed by atoms with Crippen LogP contribution in [0.2, 0.25) is 0 Å². The third-order valence-electron chi connectivity index (χ3n) is 3.30. The number of nitrogens with zero attached hydrogens (tertiary/aromatic N) is 2. The first kappa shape index (κ1) is 20.2. The molecule has 0 fully saturated rings. The average Bonchev–Trinajstić information content (AvgIpc) is 2.60. The number of anilines is 1. The van der Waals surface area contributed by atoms with Gasteiger partial charge in [-0.1, -0.05) is 12.1 Å². The van der Waals surface area contributed by atoms with Crippen LogP contribution in [-0.4, -0.2) is 40.4 Å². The quantitative estimate of drug-likeness (QED) is 0.369. The lowest BCUT2D eigenvalue weighted by atomic mass is 10.2. The fourth-order valence-corrected chi connectivity index (χ4v) is 3.29. The number of ether oxygens (including phenoxy) is 1. The van der Waals surface area contributed by atoms with E-state index in [4.69, 9.17) is 4.74 Å². The van der Waals surface area contributed by atoms with Crippen LogP contribution in [0.5, 0.6) is 5.75 Å². The van der Waals surface area contributed by atoms with Crippen LogP contribution in [0.1, 0.15) is 5.56 Å². The fraction of sp³-hybridized carbons (Fsp3) is 0.176. The Morgan fingerprint density at radius 1 is 1.27 bits per heavy atom. The maximum atomic E-state index is 12.1. The van der Waals surface area contributed by atoms with E-state index in [9.17, 15) is 13.2 Å². The molecule has 1 amide bonds. The zero-order chi connectivity index (χ0) is 19.2. The Kier molecular flexibility index (Phi) is 6.98. The van der Waals surface area contributed by atoms with Gasteiger partial charge in [0.1, 0.15) is 12.3 Å². The highest BCUT2D eigenvalue weighted by molar-refractivity contribution is 14.1. The van der Waals surface area contributed by atoms with Crippen LogP contribution < -0.4 is 14.5 Å². The van der Waals surface area contributed by atoms with Crippen molar-refractivity contribution in [3.8, 4) is 5.75 Å².